The van der Waals surface area contributed by atoms with Crippen molar-refractivity contribution in [3.63, 3.8) is 0 Å². The Labute approximate surface area is 144 Å². The first kappa shape index (κ1) is 19.7. The van der Waals surface area contributed by atoms with Gasteiger partial charge in [-0.2, -0.15) is 0 Å². The Morgan fingerprint density at radius 2 is 1.88 bits per heavy atom. The van der Waals surface area contributed by atoms with Gasteiger partial charge in [0.15, 0.2) is 5.78 Å². The van der Waals surface area contributed by atoms with Gasteiger partial charge in [0.1, 0.15) is 11.4 Å². The molecule has 24 heavy (non-hydrogen) atoms. The van der Waals surface area contributed by atoms with Crippen LogP contribution in [-0.2, 0) is 9.53 Å². The number of benzene rings is 1. The number of alkyl carbamates (subject to hydrolysis) is 1. The van der Waals surface area contributed by atoms with Gasteiger partial charge in [0.05, 0.1) is 13.2 Å². The van der Waals surface area contributed by atoms with Crippen LogP contribution in [-0.4, -0.2) is 30.6 Å². The maximum atomic E-state index is 12.4. The van der Waals surface area contributed by atoms with Crippen molar-refractivity contribution >= 4 is 18.0 Å². The molecule has 0 saturated heterocycles. The van der Waals surface area contributed by atoms with Crippen LogP contribution < -0.4 is 10.1 Å². The fourth-order valence-electron chi connectivity index (χ4n) is 2.03. The van der Waals surface area contributed by atoms with Gasteiger partial charge in [-0.05, 0) is 50.5 Å². The molecule has 5 nitrogen and oxygen atoms in total. The second kappa shape index (κ2) is 8.52. The van der Waals surface area contributed by atoms with Gasteiger partial charge in [-0.15, -0.1) is 0 Å². The summed E-state index contributed by atoms with van der Waals surface area (Å²) in [6.07, 6.45) is 2.58. The molecule has 0 fully saturated rings. The quantitative estimate of drug-likeness (QED) is 0.804. The van der Waals surface area contributed by atoms with Crippen molar-refractivity contribution in [1.82, 2.24) is 5.32 Å². The Kier molecular flexibility index (Phi) is 7.01. The van der Waals surface area contributed by atoms with Crippen LogP contribution in [0.5, 0.6) is 5.75 Å². The summed E-state index contributed by atoms with van der Waals surface area (Å²) in [6.45, 7) is 9.09. The second-order valence-corrected chi connectivity index (χ2v) is 6.88. The van der Waals surface area contributed by atoms with Crippen molar-refractivity contribution in [3.05, 3.63) is 35.9 Å². The van der Waals surface area contributed by atoms with Crippen LogP contribution in [0.25, 0.3) is 6.08 Å². The predicted molar refractivity (Wildman–Crippen MR) is 95.0 cm³/mol. The van der Waals surface area contributed by atoms with E-state index < -0.39 is 17.7 Å². The zero-order valence-corrected chi connectivity index (χ0v) is 15.3. The third kappa shape index (κ3) is 6.86. The Bertz CT molecular complexity index is 600. The summed E-state index contributed by atoms with van der Waals surface area (Å²) in [6, 6.07) is 6.75. The van der Waals surface area contributed by atoms with E-state index in [-0.39, 0.29) is 11.7 Å². The SMILES string of the molecule is COc1cccc(C=CC(=O)C(NC(=O)OC(C)(C)C)C(C)C)c1. The summed E-state index contributed by atoms with van der Waals surface area (Å²) >= 11 is 0. The zero-order chi connectivity index (χ0) is 18.3. The Morgan fingerprint density at radius 1 is 1.21 bits per heavy atom. The molecule has 0 spiro atoms. The van der Waals surface area contributed by atoms with Gasteiger partial charge < -0.3 is 14.8 Å². The largest absolute Gasteiger partial charge is 0.497 e. The first-order valence-electron chi connectivity index (χ1n) is 7.98. The zero-order valence-electron chi connectivity index (χ0n) is 15.3. The van der Waals surface area contributed by atoms with Gasteiger partial charge in [0.2, 0.25) is 0 Å². The molecule has 1 aromatic rings. The van der Waals surface area contributed by atoms with Crippen molar-refractivity contribution < 1.29 is 19.1 Å². The number of rotatable bonds is 6. The molecule has 0 aliphatic rings. The third-order valence-electron chi connectivity index (χ3n) is 3.18. The summed E-state index contributed by atoms with van der Waals surface area (Å²) in [7, 11) is 1.59. The number of carbonyl (C=O) groups is 2. The van der Waals surface area contributed by atoms with E-state index in [9.17, 15) is 9.59 Å². The smallest absolute Gasteiger partial charge is 0.408 e. The molecule has 0 bridgehead atoms. The van der Waals surface area contributed by atoms with Crippen LogP contribution in [0.2, 0.25) is 0 Å². The van der Waals surface area contributed by atoms with Crippen LogP contribution in [0.15, 0.2) is 30.3 Å². The number of carbonyl (C=O) groups excluding carboxylic acids is 2. The predicted octanol–water partition coefficient (Wildman–Crippen LogP) is 3.83. The van der Waals surface area contributed by atoms with Crippen LogP contribution in [0.4, 0.5) is 4.79 Å². The topological polar surface area (TPSA) is 64.6 Å². The minimum Gasteiger partial charge on any atom is -0.497 e. The lowest BCUT2D eigenvalue weighted by atomic mass is 9.99. The molecule has 0 radical (unpaired) electrons. The second-order valence-electron chi connectivity index (χ2n) is 6.88. The average molecular weight is 333 g/mol. The Hall–Kier alpha value is -2.30. The van der Waals surface area contributed by atoms with E-state index in [2.05, 4.69) is 5.32 Å². The first-order valence-corrected chi connectivity index (χ1v) is 7.98. The van der Waals surface area contributed by atoms with Crippen molar-refractivity contribution in [2.24, 2.45) is 5.92 Å². The summed E-state index contributed by atoms with van der Waals surface area (Å²) in [4.78, 5) is 24.3. The van der Waals surface area contributed by atoms with E-state index >= 15 is 0 Å². The van der Waals surface area contributed by atoms with Gasteiger partial charge in [-0.3, -0.25) is 4.79 Å². The highest BCUT2D eigenvalue weighted by atomic mass is 16.6. The standard InChI is InChI=1S/C19H27NO4/c1-13(2)17(20-18(22)24-19(3,4)5)16(21)11-10-14-8-7-9-15(12-14)23-6/h7-13,17H,1-6H3,(H,20,22). The number of hydrogen-bond donors (Lipinski definition) is 1. The maximum Gasteiger partial charge on any atom is 0.408 e. The molecule has 0 aliphatic carbocycles. The molecule has 0 aromatic heterocycles. The fourth-order valence-corrected chi connectivity index (χ4v) is 2.03. The lowest BCUT2D eigenvalue weighted by Gasteiger charge is -2.24. The summed E-state index contributed by atoms with van der Waals surface area (Å²) in [5.74, 6) is 0.482. The van der Waals surface area contributed by atoms with Crippen LogP contribution in [0.1, 0.15) is 40.2 Å². The number of hydrogen-bond acceptors (Lipinski definition) is 4. The maximum absolute atomic E-state index is 12.4. The minimum absolute atomic E-state index is 0.0556. The molecule has 1 aromatic carbocycles. The van der Waals surface area contributed by atoms with Crippen LogP contribution in [0, 0.1) is 5.92 Å². The third-order valence-corrected chi connectivity index (χ3v) is 3.18. The molecule has 1 N–H and O–H groups in total. The van der Waals surface area contributed by atoms with Gasteiger partial charge >= 0.3 is 6.09 Å². The van der Waals surface area contributed by atoms with Crippen molar-refractivity contribution in [2.75, 3.05) is 7.11 Å². The van der Waals surface area contributed by atoms with E-state index in [1.807, 2.05) is 38.1 Å². The molecule has 1 unspecified atom stereocenters. The molecular weight excluding hydrogens is 306 g/mol. The highest BCUT2D eigenvalue weighted by Crippen LogP contribution is 2.14. The van der Waals surface area contributed by atoms with Gasteiger partial charge in [0, 0.05) is 0 Å². The van der Waals surface area contributed by atoms with Crippen molar-refractivity contribution in [1.29, 1.82) is 0 Å². The molecule has 132 valence electrons. The number of ketones is 1. The molecule has 0 aliphatic heterocycles. The van der Waals surface area contributed by atoms with Crippen LogP contribution in [0.3, 0.4) is 0 Å². The van der Waals surface area contributed by atoms with Crippen molar-refractivity contribution in [2.45, 2.75) is 46.3 Å². The Morgan fingerprint density at radius 3 is 2.42 bits per heavy atom. The lowest BCUT2D eigenvalue weighted by molar-refractivity contribution is -0.117. The number of methoxy groups -OCH3 is 1. The molecule has 1 amide bonds. The molecule has 0 saturated carbocycles. The minimum atomic E-state index is -0.637. The van der Waals surface area contributed by atoms with Gasteiger partial charge in [-0.1, -0.05) is 32.1 Å². The molecule has 1 atom stereocenters. The number of ether oxygens (including phenoxy) is 2. The molecular formula is C19H27NO4. The van der Waals surface area contributed by atoms with Crippen molar-refractivity contribution in [3.8, 4) is 5.75 Å². The fraction of sp³-hybridized carbons (Fsp3) is 0.474. The normalized spacial score (nSPS) is 13.0. The Balaban J connectivity index is 2.79. The van der Waals surface area contributed by atoms with E-state index in [1.54, 1.807) is 34.0 Å². The molecule has 1 rings (SSSR count). The number of nitrogens with one attached hydrogen (secondary N) is 1. The number of amides is 1. The highest BCUT2D eigenvalue weighted by molar-refractivity contribution is 5.99. The van der Waals surface area contributed by atoms with Gasteiger partial charge in [-0.25, -0.2) is 4.79 Å². The van der Waals surface area contributed by atoms with Crippen LogP contribution >= 0.6 is 0 Å². The summed E-state index contributed by atoms with van der Waals surface area (Å²) in [5.41, 5.74) is 0.243. The molecule has 0 heterocycles. The highest BCUT2D eigenvalue weighted by Gasteiger charge is 2.25. The van der Waals surface area contributed by atoms with E-state index in [1.165, 1.54) is 6.08 Å². The average Bonchev–Trinajstić information content (AvgIpc) is 2.48. The monoisotopic (exact) mass is 333 g/mol. The van der Waals surface area contributed by atoms with E-state index in [4.69, 9.17) is 9.47 Å². The van der Waals surface area contributed by atoms with E-state index in [0.717, 1.165) is 11.3 Å². The molecule has 5 heteroatoms. The van der Waals surface area contributed by atoms with Gasteiger partial charge in [0.25, 0.3) is 0 Å². The van der Waals surface area contributed by atoms with E-state index in [0.29, 0.717) is 0 Å². The summed E-state index contributed by atoms with van der Waals surface area (Å²) < 4.78 is 10.4. The first-order chi connectivity index (χ1) is 11.1. The summed E-state index contributed by atoms with van der Waals surface area (Å²) in [5, 5.41) is 2.64. The lowest BCUT2D eigenvalue weighted by Crippen LogP contribution is -2.45.